The van der Waals surface area contributed by atoms with Crippen molar-refractivity contribution in [2.75, 3.05) is 5.43 Å². The molecular weight excluding hydrogens is 304 g/mol. The molecule has 0 atom stereocenters. The second-order valence-electron chi connectivity index (χ2n) is 4.29. The first-order valence-corrected chi connectivity index (χ1v) is 6.24. The number of hydrogen-bond donors (Lipinski definition) is 1. The summed E-state index contributed by atoms with van der Waals surface area (Å²) in [5, 5.41) is 7.39. The van der Waals surface area contributed by atoms with Gasteiger partial charge in [0.2, 0.25) is 11.9 Å². The number of hydrogen-bond acceptors (Lipinski definition) is 5. The Bertz CT molecular complexity index is 691. The summed E-state index contributed by atoms with van der Waals surface area (Å²) >= 11 is 0. The summed E-state index contributed by atoms with van der Waals surface area (Å²) in [6.45, 7) is 3.47. The van der Waals surface area contributed by atoms with Crippen LogP contribution in [0.15, 0.2) is 17.4 Å². The first-order chi connectivity index (χ1) is 10.3. The van der Waals surface area contributed by atoms with Gasteiger partial charge in [-0.05, 0) is 19.9 Å². The maximum absolute atomic E-state index is 13.6. The Kier molecular flexibility index (Phi) is 4.38. The van der Waals surface area contributed by atoms with E-state index in [9.17, 15) is 17.6 Å². The zero-order valence-corrected chi connectivity index (χ0v) is 11.7. The van der Waals surface area contributed by atoms with Gasteiger partial charge in [-0.25, -0.2) is 20.1 Å². The number of hydrazone groups is 1. The second-order valence-corrected chi connectivity index (χ2v) is 4.29. The standard InChI is InChI=1S/C12H12F4N6/c1-3-22-10(13)8(6-18-22)5-17-21-11-19-7(2)4-9(20-11)12(14,15)16/h4-6H,3H2,1-2H3,(H,19,20,21). The Hall–Kier alpha value is -2.52. The lowest BCUT2D eigenvalue weighted by Crippen LogP contribution is -2.11. The molecule has 2 aromatic heterocycles. The molecule has 0 saturated heterocycles. The molecule has 22 heavy (non-hydrogen) atoms. The van der Waals surface area contributed by atoms with Crippen LogP contribution in [-0.2, 0) is 12.7 Å². The summed E-state index contributed by atoms with van der Waals surface area (Å²) in [4.78, 5) is 7.08. The lowest BCUT2D eigenvalue weighted by Gasteiger charge is -2.07. The predicted octanol–water partition coefficient (Wildman–Crippen LogP) is 2.61. The van der Waals surface area contributed by atoms with Gasteiger partial charge in [0, 0.05) is 12.2 Å². The van der Waals surface area contributed by atoms with Crippen molar-refractivity contribution < 1.29 is 17.6 Å². The van der Waals surface area contributed by atoms with Crippen molar-refractivity contribution in [2.45, 2.75) is 26.6 Å². The van der Waals surface area contributed by atoms with E-state index in [1.165, 1.54) is 13.1 Å². The monoisotopic (exact) mass is 316 g/mol. The van der Waals surface area contributed by atoms with Crippen LogP contribution < -0.4 is 5.43 Å². The van der Waals surface area contributed by atoms with Crippen LogP contribution >= 0.6 is 0 Å². The average molecular weight is 316 g/mol. The normalized spacial score (nSPS) is 12.1. The van der Waals surface area contributed by atoms with Gasteiger partial charge < -0.3 is 0 Å². The largest absolute Gasteiger partial charge is 0.433 e. The lowest BCUT2D eigenvalue weighted by molar-refractivity contribution is -0.141. The number of aromatic nitrogens is 4. The predicted molar refractivity (Wildman–Crippen MR) is 70.8 cm³/mol. The van der Waals surface area contributed by atoms with Crippen LogP contribution in [0.2, 0.25) is 0 Å². The molecule has 0 radical (unpaired) electrons. The van der Waals surface area contributed by atoms with Crippen molar-refractivity contribution in [3.63, 3.8) is 0 Å². The van der Waals surface area contributed by atoms with Crippen molar-refractivity contribution >= 4 is 12.2 Å². The summed E-state index contributed by atoms with van der Waals surface area (Å²) < 4.78 is 52.6. The number of aryl methyl sites for hydroxylation is 2. The second kappa shape index (κ2) is 6.08. The molecule has 2 heterocycles. The molecule has 0 aromatic carbocycles. The van der Waals surface area contributed by atoms with Crippen LogP contribution in [-0.4, -0.2) is 26.0 Å². The highest BCUT2D eigenvalue weighted by Crippen LogP contribution is 2.28. The Morgan fingerprint density at radius 2 is 2.09 bits per heavy atom. The molecule has 0 aliphatic rings. The molecule has 0 amide bonds. The summed E-state index contributed by atoms with van der Waals surface area (Å²) in [7, 11) is 0. The van der Waals surface area contributed by atoms with Crippen LogP contribution in [0.5, 0.6) is 0 Å². The first-order valence-electron chi connectivity index (χ1n) is 6.24. The van der Waals surface area contributed by atoms with Gasteiger partial charge in [0.05, 0.1) is 18.0 Å². The van der Waals surface area contributed by atoms with E-state index in [1.54, 1.807) is 6.92 Å². The van der Waals surface area contributed by atoms with Crippen molar-refractivity contribution in [2.24, 2.45) is 5.10 Å². The van der Waals surface area contributed by atoms with E-state index in [0.29, 0.717) is 6.54 Å². The SMILES string of the molecule is CCn1ncc(C=NNc2nc(C)cc(C(F)(F)F)n2)c1F. The minimum Gasteiger partial charge on any atom is -0.245 e. The van der Waals surface area contributed by atoms with Crippen LogP contribution in [0, 0.1) is 12.9 Å². The van der Waals surface area contributed by atoms with Crippen molar-refractivity contribution in [1.82, 2.24) is 19.7 Å². The molecule has 0 unspecified atom stereocenters. The fourth-order valence-electron chi connectivity index (χ4n) is 1.62. The Morgan fingerprint density at radius 1 is 1.36 bits per heavy atom. The number of anilines is 1. The van der Waals surface area contributed by atoms with E-state index in [0.717, 1.165) is 17.0 Å². The van der Waals surface area contributed by atoms with Gasteiger partial charge >= 0.3 is 6.18 Å². The fourth-order valence-corrected chi connectivity index (χ4v) is 1.62. The summed E-state index contributed by atoms with van der Waals surface area (Å²) in [5.41, 5.74) is 1.39. The zero-order chi connectivity index (χ0) is 16.3. The maximum Gasteiger partial charge on any atom is 0.433 e. The number of alkyl halides is 3. The number of halogens is 4. The van der Waals surface area contributed by atoms with Crippen LogP contribution in [0.3, 0.4) is 0 Å². The molecule has 2 aromatic rings. The number of rotatable bonds is 4. The van der Waals surface area contributed by atoms with E-state index in [4.69, 9.17) is 0 Å². The highest BCUT2D eigenvalue weighted by Gasteiger charge is 2.33. The maximum atomic E-state index is 13.6. The fraction of sp³-hybridized carbons (Fsp3) is 0.333. The van der Waals surface area contributed by atoms with Crippen molar-refractivity contribution in [1.29, 1.82) is 0 Å². The summed E-state index contributed by atoms with van der Waals surface area (Å²) in [6.07, 6.45) is -2.24. The van der Waals surface area contributed by atoms with Gasteiger partial charge in [0.1, 0.15) is 5.69 Å². The molecule has 1 N–H and O–H groups in total. The quantitative estimate of drug-likeness (QED) is 0.535. The third kappa shape index (κ3) is 3.57. The van der Waals surface area contributed by atoms with Gasteiger partial charge in [-0.3, -0.25) is 0 Å². The van der Waals surface area contributed by atoms with Crippen LogP contribution in [0.1, 0.15) is 23.9 Å². The van der Waals surface area contributed by atoms with Gasteiger partial charge in [-0.1, -0.05) is 0 Å². The third-order valence-corrected chi connectivity index (χ3v) is 2.61. The number of nitrogens with one attached hydrogen (secondary N) is 1. The van der Waals surface area contributed by atoms with Gasteiger partial charge in [-0.2, -0.15) is 27.8 Å². The highest BCUT2D eigenvalue weighted by molar-refractivity contribution is 5.79. The minimum absolute atomic E-state index is 0.0954. The molecular formula is C12H12F4N6. The molecule has 0 saturated carbocycles. The van der Waals surface area contributed by atoms with Gasteiger partial charge in [-0.15, -0.1) is 0 Å². The van der Waals surface area contributed by atoms with E-state index in [1.807, 2.05) is 0 Å². The smallest absolute Gasteiger partial charge is 0.245 e. The molecule has 10 heteroatoms. The average Bonchev–Trinajstić information content (AvgIpc) is 2.78. The molecule has 6 nitrogen and oxygen atoms in total. The molecule has 0 spiro atoms. The molecule has 0 bridgehead atoms. The molecule has 118 valence electrons. The summed E-state index contributed by atoms with van der Waals surface area (Å²) in [5.74, 6) is -0.916. The molecule has 0 aliphatic heterocycles. The van der Waals surface area contributed by atoms with Gasteiger partial charge in [0.15, 0.2) is 0 Å². The van der Waals surface area contributed by atoms with E-state index in [-0.39, 0.29) is 17.2 Å². The highest BCUT2D eigenvalue weighted by atomic mass is 19.4. The topological polar surface area (TPSA) is 68.0 Å². The first kappa shape index (κ1) is 15.9. The molecule has 0 fully saturated rings. The Balaban J connectivity index is 2.16. The Morgan fingerprint density at radius 3 is 2.68 bits per heavy atom. The minimum atomic E-state index is -4.58. The third-order valence-electron chi connectivity index (χ3n) is 2.61. The molecule has 2 rings (SSSR count). The number of nitrogens with zero attached hydrogens (tertiary/aromatic N) is 5. The Labute approximate surface area is 122 Å². The van der Waals surface area contributed by atoms with Crippen molar-refractivity contribution in [3.8, 4) is 0 Å². The summed E-state index contributed by atoms with van der Waals surface area (Å²) in [6, 6.07) is 0.819. The van der Waals surface area contributed by atoms with Crippen molar-refractivity contribution in [3.05, 3.63) is 35.2 Å². The van der Waals surface area contributed by atoms with Crippen LogP contribution in [0.4, 0.5) is 23.5 Å². The van der Waals surface area contributed by atoms with E-state index >= 15 is 0 Å². The lowest BCUT2D eigenvalue weighted by atomic mass is 10.3. The molecule has 0 aliphatic carbocycles. The van der Waals surface area contributed by atoms with Crippen LogP contribution in [0.25, 0.3) is 0 Å². The van der Waals surface area contributed by atoms with E-state index < -0.39 is 17.8 Å². The van der Waals surface area contributed by atoms with Gasteiger partial charge in [0.25, 0.3) is 0 Å². The van der Waals surface area contributed by atoms with E-state index in [2.05, 4.69) is 25.6 Å². The zero-order valence-electron chi connectivity index (χ0n) is 11.7.